The molecule has 2 aromatic rings. The maximum atomic E-state index is 13.2. The van der Waals surface area contributed by atoms with Crippen molar-refractivity contribution in [3.8, 4) is 0 Å². The third kappa shape index (κ3) is 4.75. The molecule has 4 N–H and O–H groups in total. The summed E-state index contributed by atoms with van der Waals surface area (Å²) in [5.74, 6) is -1.48. The number of carbonyl (C=O) groups is 4. The number of thiocarbonyl (C=S) groups is 1. The van der Waals surface area contributed by atoms with Gasteiger partial charge in [0.25, 0.3) is 17.7 Å². The normalized spacial score (nSPS) is 15.0. The molecular formula is C24H19ClN4O4S. The van der Waals surface area contributed by atoms with Gasteiger partial charge in [-0.25, -0.2) is 4.79 Å². The molecule has 5 amide bonds. The van der Waals surface area contributed by atoms with Crippen molar-refractivity contribution in [2.45, 2.75) is 19.5 Å². The summed E-state index contributed by atoms with van der Waals surface area (Å²) < 4.78 is 0. The Morgan fingerprint density at radius 3 is 2.59 bits per heavy atom. The van der Waals surface area contributed by atoms with Gasteiger partial charge >= 0.3 is 6.03 Å². The fraction of sp³-hybridized carbons (Fsp3) is 0.125. The maximum absolute atomic E-state index is 13.2. The summed E-state index contributed by atoms with van der Waals surface area (Å²) in [5.41, 5.74) is 7.36. The first-order valence-corrected chi connectivity index (χ1v) is 11.1. The van der Waals surface area contributed by atoms with Crippen molar-refractivity contribution in [2.75, 3.05) is 5.32 Å². The molecule has 2 aromatic carbocycles. The van der Waals surface area contributed by atoms with Crippen LogP contribution in [0.2, 0.25) is 0 Å². The van der Waals surface area contributed by atoms with Crippen LogP contribution in [0.4, 0.5) is 10.5 Å². The molecule has 8 nitrogen and oxygen atoms in total. The SMILES string of the molecule is NC(=O)NCc1cccc(CN2C(=O)c3cccc(NC(=O)C4=CC(Cl)=CCC4=S)c3C2=O)c1. The van der Waals surface area contributed by atoms with Crippen LogP contribution in [-0.4, -0.2) is 33.5 Å². The highest BCUT2D eigenvalue weighted by Crippen LogP contribution is 2.31. The second kappa shape index (κ2) is 9.58. The van der Waals surface area contributed by atoms with E-state index in [9.17, 15) is 19.2 Å². The number of anilines is 1. The molecule has 0 atom stereocenters. The van der Waals surface area contributed by atoms with Gasteiger partial charge in [0, 0.05) is 22.9 Å². The number of nitrogens with two attached hydrogens (primary N) is 1. The van der Waals surface area contributed by atoms with E-state index in [4.69, 9.17) is 29.6 Å². The number of imide groups is 1. The average molecular weight is 495 g/mol. The van der Waals surface area contributed by atoms with Gasteiger partial charge in [0.1, 0.15) is 0 Å². The smallest absolute Gasteiger partial charge is 0.312 e. The fourth-order valence-corrected chi connectivity index (χ4v) is 4.17. The summed E-state index contributed by atoms with van der Waals surface area (Å²) in [6, 6.07) is 11.2. The summed E-state index contributed by atoms with van der Waals surface area (Å²) in [6.07, 6.45) is 3.56. The Balaban J connectivity index is 1.56. The molecule has 0 saturated carbocycles. The first-order valence-electron chi connectivity index (χ1n) is 10.3. The number of halogens is 1. The molecule has 0 fully saturated rings. The Labute approximate surface area is 205 Å². The Bertz CT molecular complexity index is 1320. The van der Waals surface area contributed by atoms with Gasteiger partial charge in [0.2, 0.25) is 0 Å². The number of allylic oxidation sites excluding steroid dienone is 3. The summed E-state index contributed by atoms with van der Waals surface area (Å²) in [7, 11) is 0. The summed E-state index contributed by atoms with van der Waals surface area (Å²) in [4.78, 5) is 51.6. The van der Waals surface area contributed by atoms with Crippen molar-refractivity contribution in [1.82, 2.24) is 10.2 Å². The highest BCUT2D eigenvalue weighted by Gasteiger charge is 2.38. The monoisotopic (exact) mass is 494 g/mol. The van der Waals surface area contributed by atoms with Gasteiger partial charge < -0.3 is 16.4 Å². The Morgan fingerprint density at radius 2 is 1.82 bits per heavy atom. The lowest BCUT2D eigenvalue weighted by atomic mass is 10.0. The van der Waals surface area contributed by atoms with Crippen LogP contribution in [-0.2, 0) is 17.9 Å². The molecule has 10 heteroatoms. The predicted octanol–water partition coefficient (Wildman–Crippen LogP) is 3.41. The molecule has 2 aliphatic rings. The summed E-state index contributed by atoms with van der Waals surface area (Å²) >= 11 is 11.3. The molecular weight excluding hydrogens is 476 g/mol. The Hall–Kier alpha value is -3.82. The van der Waals surface area contributed by atoms with Crippen LogP contribution in [0.15, 0.2) is 65.2 Å². The van der Waals surface area contributed by atoms with E-state index in [1.165, 1.54) is 6.08 Å². The van der Waals surface area contributed by atoms with Crippen molar-refractivity contribution in [3.05, 3.63) is 87.5 Å². The second-order valence-corrected chi connectivity index (χ2v) is 8.62. The van der Waals surface area contributed by atoms with Crippen LogP contribution in [0, 0.1) is 0 Å². The van der Waals surface area contributed by atoms with Gasteiger partial charge in [-0.15, -0.1) is 0 Å². The number of carbonyl (C=O) groups excluding carboxylic acids is 4. The number of benzene rings is 2. The van der Waals surface area contributed by atoms with E-state index in [0.717, 1.165) is 10.5 Å². The highest BCUT2D eigenvalue weighted by atomic mass is 35.5. The van der Waals surface area contributed by atoms with Gasteiger partial charge in [-0.1, -0.05) is 60.2 Å². The van der Waals surface area contributed by atoms with Gasteiger partial charge in [0.15, 0.2) is 0 Å². The van der Waals surface area contributed by atoms with E-state index in [-0.39, 0.29) is 35.5 Å². The lowest BCUT2D eigenvalue weighted by molar-refractivity contribution is -0.112. The molecule has 4 rings (SSSR count). The van der Waals surface area contributed by atoms with Crippen molar-refractivity contribution in [3.63, 3.8) is 0 Å². The van der Waals surface area contributed by atoms with Gasteiger partial charge in [0.05, 0.1) is 28.9 Å². The zero-order valence-corrected chi connectivity index (χ0v) is 19.3. The largest absolute Gasteiger partial charge is 0.352 e. The molecule has 1 heterocycles. The van der Waals surface area contributed by atoms with Crippen LogP contribution in [0.1, 0.15) is 38.3 Å². The van der Waals surface area contributed by atoms with Gasteiger partial charge in [-0.2, -0.15) is 0 Å². The molecule has 0 bridgehead atoms. The van der Waals surface area contributed by atoms with Crippen molar-refractivity contribution in [2.24, 2.45) is 5.73 Å². The van der Waals surface area contributed by atoms with E-state index < -0.39 is 23.8 Å². The molecule has 34 heavy (non-hydrogen) atoms. The van der Waals surface area contributed by atoms with Crippen LogP contribution < -0.4 is 16.4 Å². The van der Waals surface area contributed by atoms with Crippen molar-refractivity contribution >= 4 is 58.1 Å². The minimum Gasteiger partial charge on any atom is -0.352 e. The topological polar surface area (TPSA) is 122 Å². The number of rotatable bonds is 6. The van der Waals surface area contributed by atoms with E-state index in [2.05, 4.69) is 10.6 Å². The molecule has 0 saturated heterocycles. The van der Waals surface area contributed by atoms with Crippen LogP contribution in [0.3, 0.4) is 0 Å². The Morgan fingerprint density at radius 1 is 1.09 bits per heavy atom. The first-order chi connectivity index (χ1) is 16.2. The fourth-order valence-electron chi connectivity index (χ4n) is 3.75. The van der Waals surface area contributed by atoms with Gasteiger partial charge in [-0.05, 0) is 29.3 Å². The van der Waals surface area contributed by atoms with E-state index in [1.54, 1.807) is 48.5 Å². The predicted molar refractivity (Wildman–Crippen MR) is 131 cm³/mol. The van der Waals surface area contributed by atoms with E-state index >= 15 is 0 Å². The number of nitrogens with one attached hydrogen (secondary N) is 2. The molecule has 1 aliphatic carbocycles. The number of nitrogens with zero attached hydrogens (tertiary/aromatic N) is 1. The first kappa shape index (κ1) is 23.3. The van der Waals surface area contributed by atoms with E-state index in [1.807, 2.05) is 0 Å². The lowest BCUT2D eigenvalue weighted by Crippen LogP contribution is -2.30. The van der Waals surface area contributed by atoms with Crippen molar-refractivity contribution in [1.29, 1.82) is 0 Å². The lowest BCUT2D eigenvalue weighted by Gasteiger charge is -2.16. The molecule has 0 radical (unpaired) electrons. The van der Waals surface area contributed by atoms with Crippen LogP contribution in [0.5, 0.6) is 0 Å². The minimum atomic E-state index is -0.650. The third-order valence-corrected chi connectivity index (χ3v) is 6.01. The standard InChI is InChI=1S/C24H19ClN4O4S/c25-15-7-8-19(34)17(10-15)21(30)28-18-6-2-5-16-20(18)23(32)29(22(16)31)12-14-4-1-3-13(9-14)11-27-24(26)33/h1-7,9-10H,8,11-12H2,(H,28,30)(H3,26,27,33). The number of hydrogen-bond acceptors (Lipinski definition) is 5. The quantitative estimate of drug-likeness (QED) is 0.419. The second-order valence-electron chi connectivity index (χ2n) is 7.69. The Kier molecular flexibility index (Phi) is 6.58. The zero-order chi connectivity index (χ0) is 24.4. The molecule has 172 valence electrons. The number of urea groups is 1. The highest BCUT2D eigenvalue weighted by molar-refractivity contribution is 7.81. The minimum absolute atomic E-state index is 0.0276. The molecule has 0 unspecified atom stereocenters. The van der Waals surface area contributed by atoms with Crippen LogP contribution in [0.25, 0.3) is 0 Å². The number of amides is 5. The molecule has 1 aliphatic heterocycles. The number of fused-ring (bicyclic) bond motifs is 1. The zero-order valence-electron chi connectivity index (χ0n) is 17.8. The number of primary amides is 1. The molecule has 0 aromatic heterocycles. The average Bonchev–Trinajstić information content (AvgIpc) is 3.05. The summed E-state index contributed by atoms with van der Waals surface area (Å²) in [6.45, 7) is 0.248. The maximum Gasteiger partial charge on any atom is 0.312 e. The van der Waals surface area contributed by atoms with E-state index in [0.29, 0.717) is 21.9 Å². The molecule has 0 spiro atoms. The summed E-state index contributed by atoms with van der Waals surface area (Å²) in [5, 5.41) is 5.61. The third-order valence-electron chi connectivity index (χ3n) is 5.36. The number of hydrogen-bond donors (Lipinski definition) is 3. The van der Waals surface area contributed by atoms with Crippen LogP contribution >= 0.6 is 23.8 Å². The van der Waals surface area contributed by atoms with Gasteiger partial charge in [-0.3, -0.25) is 19.3 Å². The van der Waals surface area contributed by atoms with Crippen molar-refractivity contribution < 1.29 is 19.2 Å².